The summed E-state index contributed by atoms with van der Waals surface area (Å²) in [6.07, 6.45) is 5.02. The van der Waals surface area contributed by atoms with Crippen molar-refractivity contribution in [3.05, 3.63) is 30.4 Å². The Morgan fingerprint density at radius 3 is 3.00 bits per heavy atom. The number of aryl methyl sites for hydroxylation is 1. The molecule has 7 nitrogen and oxygen atoms in total. The van der Waals surface area contributed by atoms with E-state index in [0.29, 0.717) is 6.54 Å². The van der Waals surface area contributed by atoms with Crippen LogP contribution < -0.4 is 0 Å². The van der Waals surface area contributed by atoms with Gasteiger partial charge in [-0.3, -0.25) is 0 Å². The van der Waals surface area contributed by atoms with Crippen molar-refractivity contribution in [2.75, 3.05) is 7.11 Å². The Bertz CT molecular complexity index is 516. The molecule has 0 radical (unpaired) electrons. The number of hydrogen-bond acceptors (Lipinski definition) is 5. The van der Waals surface area contributed by atoms with Crippen molar-refractivity contribution >= 4 is 5.97 Å². The molecule has 2 aromatic heterocycles. The van der Waals surface area contributed by atoms with Crippen LogP contribution >= 0.6 is 0 Å². The summed E-state index contributed by atoms with van der Waals surface area (Å²) in [5.74, 6) is -0.470. The molecule has 2 aromatic rings. The number of ether oxygens (including phenoxy) is 1. The van der Waals surface area contributed by atoms with Crippen LogP contribution in [0.5, 0.6) is 0 Å². The van der Waals surface area contributed by atoms with Gasteiger partial charge in [-0.25, -0.2) is 19.4 Å². The molecule has 2 rings (SSSR count). The van der Waals surface area contributed by atoms with Crippen molar-refractivity contribution in [2.45, 2.75) is 20.0 Å². The quantitative estimate of drug-likeness (QED) is 0.714. The summed E-state index contributed by atoms with van der Waals surface area (Å²) >= 11 is 0. The second-order valence-corrected chi connectivity index (χ2v) is 3.43. The molecule has 0 unspecified atom stereocenters. The number of rotatable bonds is 4. The van der Waals surface area contributed by atoms with E-state index in [1.807, 2.05) is 11.5 Å². The van der Waals surface area contributed by atoms with Crippen molar-refractivity contribution in [1.29, 1.82) is 0 Å². The molecule has 0 N–H and O–H groups in total. The number of imidazole rings is 1. The average Bonchev–Trinajstić information content (AvgIpc) is 2.97. The number of esters is 1. The number of hydrogen-bond donors (Lipinski definition) is 0. The van der Waals surface area contributed by atoms with Crippen LogP contribution in [-0.2, 0) is 17.8 Å². The molecule has 0 bridgehead atoms. The molecule has 2 heterocycles. The first-order chi connectivity index (χ1) is 8.24. The molecule has 0 aromatic carbocycles. The highest BCUT2D eigenvalue weighted by atomic mass is 16.5. The topological polar surface area (TPSA) is 74.8 Å². The van der Waals surface area contributed by atoms with E-state index in [1.54, 1.807) is 17.2 Å². The van der Waals surface area contributed by atoms with Gasteiger partial charge in [0.1, 0.15) is 6.33 Å². The van der Waals surface area contributed by atoms with Crippen molar-refractivity contribution in [3.63, 3.8) is 0 Å². The van der Waals surface area contributed by atoms with Crippen LogP contribution in [0, 0.1) is 0 Å². The maximum atomic E-state index is 11.2. The van der Waals surface area contributed by atoms with E-state index >= 15 is 0 Å². The molecule has 0 amide bonds. The molecule has 0 atom stereocenters. The Balaban J connectivity index is 2.14. The minimum atomic E-state index is -0.534. The van der Waals surface area contributed by atoms with E-state index in [0.717, 1.165) is 12.2 Å². The number of nitrogens with zero attached hydrogens (tertiary/aromatic N) is 5. The number of methoxy groups -OCH3 is 1. The molecule has 0 fully saturated rings. The van der Waals surface area contributed by atoms with Crippen LogP contribution in [0.15, 0.2) is 18.9 Å². The summed E-state index contributed by atoms with van der Waals surface area (Å²) in [6, 6.07) is 0. The summed E-state index contributed by atoms with van der Waals surface area (Å²) in [6.45, 7) is 3.40. The van der Waals surface area contributed by atoms with Gasteiger partial charge in [0.2, 0.25) is 0 Å². The fourth-order valence-electron chi connectivity index (χ4n) is 1.49. The molecule has 90 valence electrons. The molecule has 17 heavy (non-hydrogen) atoms. The molecule has 0 spiro atoms. The van der Waals surface area contributed by atoms with E-state index in [2.05, 4.69) is 19.8 Å². The van der Waals surface area contributed by atoms with Gasteiger partial charge < -0.3 is 9.30 Å². The van der Waals surface area contributed by atoms with Crippen LogP contribution in [0.1, 0.15) is 23.2 Å². The molecule has 0 aliphatic carbocycles. The highest BCUT2D eigenvalue weighted by molar-refractivity contribution is 5.84. The van der Waals surface area contributed by atoms with E-state index in [1.165, 1.54) is 13.4 Å². The summed E-state index contributed by atoms with van der Waals surface area (Å²) in [4.78, 5) is 19.1. The molecule has 0 aliphatic heterocycles. The minimum Gasteiger partial charge on any atom is -0.463 e. The van der Waals surface area contributed by atoms with E-state index in [4.69, 9.17) is 0 Å². The van der Waals surface area contributed by atoms with Crippen molar-refractivity contribution in [1.82, 2.24) is 24.3 Å². The molecule has 0 aliphatic rings. The maximum absolute atomic E-state index is 11.2. The second kappa shape index (κ2) is 4.77. The lowest BCUT2D eigenvalue weighted by molar-refractivity contribution is 0.0586. The Morgan fingerprint density at radius 1 is 1.47 bits per heavy atom. The number of carbonyl (C=O) groups is 1. The summed E-state index contributed by atoms with van der Waals surface area (Å²) in [5.41, 5.74) is 1.01. The minimum absolute atomic E-state index is 0.0649. The van der Waals surface area contributed by atoms with Gasteiger partial charge in [0.05, 0.1) is 31.9 Å². The van der Waals surface area contributed by atoms with Crippen LogP contribution in [-0.4, -0.2) is 37.4 Å². The first-order valence-electron chi connectivity index (χ1n) is 5.21. The molecule has 7 heteroatoms. The van der Waals surface area contributed by atoms with Gasteiger partial charge in [0.15, 0.2) is 0 Å². The lowest BCUT2D eigenvalue weighted by atomic mass is 10.4. The Morgan fingerprint density at radius 2 is 2.29 bits per heavy atom. The smallest absolute Gasteiger partial charge is 0.377 e. The van der Waals surface area contributed by atoms with Gasteiger partial charge >= 0.3 is 5.97 Å². The van der Waals surface area contributed by atoms with Gasteiger partial charge in [0.25, 0.3) is 5.82 Å². The zero-order valence-corrected chi connectivity index (χ0v) is 9.70. The van der Waals surface area contributed by atoms with Crippen LogP contribution in [0.4, 0.5) is 0 Å². The van der Waals surface area contributed by atoms with Crippen molar-refractivity contribution < 1.29 is 9.53 Å². The van der Waals surface area contributed by atoms with Gasteiger partial charge in [-0.1, -0.05) is 0 Å². The number of carbonyl (C=O) groups excluding carboxylic acids is 1. The predicted octanol–water partition coefficient (Wildman–Crippen LogP) is 0.329. The van der Waals surface area contributed by atoms with Crippen molar-refractivity contribution in [2.24, 2.45) is 0 Å². The van der Waals surface area contributed by atoms with E-state index < -0.39 is 5.97 Å². The SMILES string of the molecule is CCn1cncc1Cn1cnc(C(=O)OC)n1. The zero-order chi connectivity index (χ0) is 12.3. The highest BCUT2D eigenvalue weighted by Gasteiger charge is 2.11. The van der Waals surface area contributed by atoms with E-state index in [-0.39, 0.29) is 5.82 Å². The number of aromatic nitrogens is 5. The summed E-state index contributed by atoms with van der Waals surface area (Å²) < 4.78 is 8.11. The molecular formula is C10H13N5O2. The third-order valence-electron chi connectivity index (χ3n) is 2.37. The third-order valence-corrected chi connectivity index (χ3v) is 2.37. The second-order valence-electron chi connectivity index (χ2n) is 3.43. The van der Waals surface area contributed by atoms with E-state index in [9.17, 15) is 4.79 Å². The summed E-state index contributed by atoms with van der Waals surface area (Å²) in [5, 5.41) is 4.02. The Labute approximate surface area is 98.1 Å². The predicted molar refractivity (Wildman–Crippen MR) is 58.4 cm³/mol. The Kier molecular flexibility index (Phi) is 3.17. The lowest BCUT2D eigenvalue weighted by Crippen LogP contribution is -2.09. The first-order valence-corrected chi connectivity index (χ1v) is 5.21. The zero-order valence-electron chi connectivity index (χ0n) is 9.70. The van der Waals surface area contributed by atoms with Gasteiger partial charge in [-0.15, -0.1) is 5.10 Å². The van der Waals surface area contributed by atoms with Crippen LogP contribution in [0.25, 0.3) is 0 Å². The monoisotopic (exact) mass is 235 g/mol. The Hall–Kier alpha value is -2.18. The molecule has 0 saturated heterocycles. The molecule has 0 saturated carbocycles. The average molecular weight is 235 g/mol. The summed E-state index contributed by atoms with van der Waals surface area (Å²) in [7, 11) is 1.30. The van der Waals surface area contributed by atoms with Gasteiger partial charge in [-0.2, -0.15) is 0 Å². The standard InChI is InChI=1S/C10H13N5O2/c1-3-14-6-11-4-8(14)5-15-7-12-9(13-15)10(16)17-2/h4,6-7H,3,5H2,1-2H3. The lowest BCUT2D eigenvalue weighted by Gasteiger charge is -2.03. The molecular weight excluding hydrogens is 222 g/mol. The van der Waals surface area contributed by atoms with Gasteiger partial charge in [-0.05, 0) is 6.92 Å². The maximum Gasteiger partial charge on any atom is 0.377 e. The fraction of sp³-hybridized carbons (Fsp3) is 0.400. The van der Waals surface area contributed by atoms with Crippen LogP contribution in [0.2, 0.25) is 0 Å². The van der Waals surface area contributed by atoms with Gasteiger partial charge in [0, 0.05) is 6.54 Å². The van der Waals surface area contributed by atoms with Crippen molar-refractivity contribution in [3.8, 4) is 0 Å². The first kappa shape index (κ1) is 11.3. The third kappa shape index (κ3) is 2.32. The fourth-order valence-corrected chi connectivity index (χ4v) is 1.49. The van der Waals surface area contributed by atoms with Crippen LogP contribution in [0.3, 0.4) is 0 Å². The normalized spacial score (nSPS) is 10.5. The highest BCUT2D eigenvalue weighted by Crippen LogP contribution is 2.02. The largest absolute Gasteiger partial charge is 0.463 e.